The molecule has 0 fully saturated rings. The molecule has 1 amide bonds. The molecule has 4 nitrogen and oxygen atoms in total. The molecule has 26 heavy (non-hydrogen) atoms. The highest BCUT2D eigenvalue weighted by molar-refractivity contribution is 9.10. The average Bonchev–Trinajstić information content (AvgIpc) is 2.90. The molecule has 1 aliphatic heterocycles. The average molecular weight is 412 g/mol. The first-order chi connectivity index (χ1) is 12.5. The van der Waals surface area contributed by atoms with E-state index in [-0.39, 0.29) is 17.1 Å². The molecule has 0 aliphatic carbocycles. The van der Waals surface area contributed by atoms with Crippen molar-refractivity contribution >= 4 is 32.8 Å². The molecular weight excluding hydrogens is 394 g/mol. The van der Waals surface area contributed by atoms with Crippen molar-refractivity contribution in [2.45, 2.75) is 26.3 Å². The topological polar surface area (TPSA) is 50.5 Å². The summed E-state index contributed by atoms with van der Waals surface area (Å²) in [5.74, 6) is -0.0398. The molecule has 0 spiro atoms. The summed E-state index contributed by atoms with van der Waals surface area (Å²) in [6, 6.07) is 12.8. The molecule has 0 saturated heterocycles. The maximum Gasteiger partial charge on any atom is 0.290 e. The van der Waals surface area contributed by atoms with Crippen LogP contribution in [0.25, 0.3) is 11.0 Å². The van der Waals surface area contributed by atoms with Gasteiger partial charge in [0, 0.05) is 11.0 Å². The third-order valence-electron chi connectivity index (χ3n) is 4.77. The number of fused-ring (bicyclic) bond motifs is 2. The highest BCUT2D eigenvalue weighted by Gasteiger charge is 2.42. The van der Waals surface area contributed by atoms with Crippen LogP contribution in [-0.4, -0.2) is 17.4 Å². The second-order valence-electron chi connectivity index (χ2n) is 6.63. The quantitative estimate of drug-likeness (QED) is 0.620. The van der Waals surface area contributed by atoms with E-state index in [0.717, 1.165) is 22.0 Å². The number of benzene rings is 2. The Labute approximate surface area is 159 Å². The smallest absolute Gasteiger partial charge is 0.290 e. The molecular formula is C21H18BrNO3. The lowest BCUT2D eigenvalue weighted by Gasteiger charge is -2.24. The van der Waals surface area contributed by atoms with Crippen molar-refractivity contribution in [3.8, 4) is 0 Å². The number of nitrogens with zero attached hydrogens (tertiary/aromatic N) is 1. The molecule has 2 aromatic carbocycles. The van der Waals surface area contributed by atoms with Gasteiger partial charge in [-0.2, -0.15) is 0 Å². The van der Waals surface area contributed by atoms with Crippen LogP contribution in [0.15, 0.2) is 56.1 Å². The second-order valence-corrected chi connectivity index (χ2v) is 7.54. The summed E-state index contributed by atoms with van der Waals surface area (Å²) in [7, 11) is 0. The summed E-state index contributed by atoms with van der Waals surface area (Å²) in [4.78, 5) is 28.0. The first-order valence-electron chi connectivity index (χ1n) is 8.65. The summed E-state index contributed by atoms with van der Waals surface area (Å²) < 4.78 is 6.86. The van der Waals surface area contributed by atoms with Crippen molar-refractivity contribution in [3.05, 3.63) is 79.6 Å². The van der Waals surface area contributed by atoms with Crippen molar-refractivity contribution in [2.24, 2.45) is 0 Å². The first-order valence-corrected chi connectivity index (χ1v) is 9.44. The van der Waals surface area contributed by atoms with Gasteiger partial charge in [-0.15, -0.1) is 0 Å². The molecule has 0 N–H and O–H groups in total. The maximum atomic E-state index is 13.3. The fourth-order valence-corrected chi connectivity index (χ4v) is 3.86. The lowest BCUT2D eigenvalue weighted by Crippen LogP contribution is -2.30. The van der Waals surface area contributed by atoms with E-state index in [4.69, 9.17) is 4.42 Å². The summed E-state index contributed by atoms with van der Waals surface area (Å²) in [5.41, 5.74) is 2.68. The van der Waals surface area contributed by atoms with Crippen LogP contribution in [0.3, 0.4) is 0 Å². The van der Waals surface area contributed by atoms with E-state index < -0.39 is 6.04 Å². The molecule has 1 unspecified atom stereocenters. The Morgan fingerprint density at radius 3 is 2.54 bits per heavy atom. The highest BCUT2D eigenvalue weighted by Crippen LogP contribution is 2.38. The Balaban J connectivity index is 2.01. The second kappa shape index (κ2) is 6.40. The maximum absolute atomic E-state index is 13.3. The van der Waals surface area contributed by atoms with Crippen molar-refractivity contribution in [3.63, 3.8) is 0 Å². The first kappa shape index (κ1) is 17.0. The fraction of sp³-hybridized carbons (Fsp3) is 0.238. The van der Waals surface area contributed by atoms with Gasteiger partial charge in [-0.3, -0.25) is 9.59 Å². The van der Waals surface area contributed by atoms with Gasteiger partial charge in [-0.1, -0.05) is 46.6 Å². The lowest BCUT2D eigenvalue weighted by atomic mass is 9.98. The van der Waals surface area contributed by atoms with E-state index >= 15 is 0 Å². The lowest BCUT2D eigenvalue weighted by molar-refractivity contribution is 0.0728. The van der Waals surface area contributed by atoms with Crippen LogP contribution in [0.4, 0.5) is 0 Å². The minimum Gasteiger partial charge on any atom is -0.450 e. The summed E-state index contributed by atoms with van der Waals surface area (Å²) >= 11 is 3.44. The molecule has 0 bridgehead atoms. The van der Waals surface area contributed by atoms with Crippen LogP contribution in [0.1, 0.15) is 46.6 Å². The molecule has 1 aliphatic rings. The van der Waals surface area contributed by atoms with E-state index in [1.54, 1.807) is 11.0 Å². The third-order valence-corrected chi connectivity index (χ3v) is 5.30. The Morgan fingerprint density at radius 1 is 1.12 bits per heavy atom. The molecule has 0 radical (unpaired) electrons. The van der Waals surface area contributed by atoms with Gasteiger partial charge in [-0.25, -0.2) is 0 Å². The third kappa shape index (κ3) is 2.58. The van der Waals surface area contributed by atoms with Crippen LogP contribution in [-0.2, 0) is 0 Å². The van der Waals surface area contributed by atoms with Gasteiger partial charge in [0.2, 0.25) is 5.76 Å². The van der Waals surface area contributed by atoms with Crippen LogP contribution in [0.2, 0.25) is 0 Å². The molecule has 1 aromatic heterocycles. The Bertz CT molecular complexity index is 1070. The van der Waals surface area contributed by atoms with Crippen molar-refractivity contribution < 1.29 is 9.21 Å². The van der Waals surface area contributed by atoms with E-state index in [1.165, 1.54) is 0 Å². The molecule has 2 heterocycles. The zero-order chi connectivity index (χ0) is 18.4. The van der Waals surface area contributed by atoms with Gasteiger partial charge in [-0.05, 0) is 43.2 Å². The molecule has 3 aromatic rings. The number of amides is 1. The Hall–Kier alpha value is -2.40. The molecule has 1 atom stereocenters. The number of hydrogen-bond donors (Lipinski definition) is 0. The highest BCUT2D eigenvalue weighted by atomic mass is 79.9. The van der Waals surface area contributed by atoms with Crippen molar-refractivity contribution in [1.29, 1.82) is 0 Å². The predicted octanol–water partition coefficient (Wildman–Crippen LogP) is 4.82. The minimum atomic E-state index is -0.410. The summed E-state index contributed by atoms with van der Waals surface area (Å²) in [6.45, 7) is 4.52. The molecule has 132 valence electrons. The normalized spacial score (nSPS) is 16.3. The van der Waals surface area contributed by atoms with E-state index in [1.807, 2.05) is 50.2 Å². The number of carbonyl (C=O) groups excluding carboxylic acids is 1. The zero-order valence-corrected chi connectivity index (χ0v) is 16.2. The van der Waals surface area contributed by atoms with Crippen molar-refractivity contribution in [2.75, 3.05) is 6.54 Å². The van der Waals surface area contributed by atoms with E-state index in [0.29, 0.717) is 23.1 Å². The SMILES string of the molecule is CCCN1C(=O)c2oc3ccc(C)cc3c(=O)c2C1c1ccc(Br)cc1. The largest absolute Gasteiger partial charge is 0.450 e. The van der Waals surface area contributed by atoms with Crippen LogP contribution >= 0.6 is 15.9 Å². The number of aryl methyl sites for hydroxylation is 1. The number of halogens is 1. The molecule has 0 saturated carbocycles. The number of rotatable bonds is 3. The molecule has 5 heteroatoms. The van der Waals surface area contributed by atoms with Gasteiger partial charge in [0.1, 0.15) is 5.58 Å². The Morgan fingerprint density at radius 2 is 1.85 bits per heavy atom. The zero-order valence-electron chi connectivity index (χ0n) is 14.6. The van der Waals surface area contributed by atoms with Crippen molar-refractivity contribution in [1.82, 2.24) is 4.90 Å². The predicted molar refractivity (Wildman–Crippen MR) is 105 cm³/mol. The van der Waals surface area contributed by atoms with Gasteiger partial charge in [0.25, 0.3) is 5.91 Å². The number of hydrogen-bond acceptors (Lipinski definition) is 3. The van der Waals surface area contributed by atoms with Gasteiger partial charge < -0.3 is 9.32 Å². The summed E-state index contributed by atoms with van der Waals surface area (Å²) in [5, 5.41) is 0.525. The standard InChI is InChI=1S/C21H18BrNO3/c1-3-10-23-18(13-5-7-14(22)8-6-13)17-19(24)15-11-12(2)4-9-16(15)26-20(17)21(23)25/h4-9,11,18H,3,10H2,1-2H3. The number of carbonyl (C=O) groups is 1. The van der Waals surface area contributed by atoms with Gasteiger partial charge in [0.15, 0.2) is 5.43 Å². The van der Waals surface area contributed by atoms with Gasteiger partial charge in [0.05, 0.1) is 17.0 Å². The van der Waals surface area contributed by atoms with E-state index in [2.05, 4.69) is 15.9 Å². The van der Waals surface area contributed by atoms with E-state index in [9.17, 15) is 9.59 Å². The van der Waals surface area contributed by atoms with Crippen LogP contribution in [0, 0.1) is 6.92 Å². The minimum absolute atomic E-state index is 0.121. The fourth-order valence-electron chi connectivity index (χ4n) is 3.60. The van der Waals surface area contributed by atoms with Crippen LogP contribution < -0.4 is 5.43 Å². The molecule has 4 rings (SSSR count). The van der Waals surface area contributed by atoms with Crippen LogP contribution in [0.5, 0.6) is 0 Å². The van der Waals surface area contributed by atoms with Gasteiger partial charge >= 0.3 is 0 Å². The monoisotopic (exact) mass is 411 g/mol. The Kier molecular flexibility index (Phi) is 4.19. The summed E-state index contributed by atoms with van der Waals surface area (Å²) in [6.07, 6.45) is 0.805.